The number of piperidine rings is 1. The third-order valence-electron chi connectivity index (χ3n) is 5.24. The summed E-state index contributed by atoms with van der Waals surface area (Å²) in [6, 6.07) is 4.43. The Kier molecular flexibility index (Phi) is 7.38. The quantitative estimate of drug-likeness (QED) is 0.617. The molecule has 1 fully saturated rings. The Hall–Kier alpha value is -2.39. The van der Waals surface area contributed by atoms with Crippen molar-refractivity contribution in [1.82, 2.24) is 19.8 Å². The van der Waals surface area contributed by atoms with Gasteiger partial charge in [0.05, 0.1) is 23.6 Å². The predicted molar refractivity (Wildman–Crippen MR) is 111 cm³/mol. The summed E-state index contributed by atoms with van der Waals surface area (Å²) in [6.45, 7) is 3.91. The zero-order valence-corrected chi connectivity index (χ0v) is 17.5. The maximum Gasteiger partial charge on any atom is 0.401 e. The number of halogens is 5. The van der Waals surface area contributed by atoms with E-state index < -0.39 is 18.5 Å². The van der Waals surface area contributed by atoms with Crippen LogP contribution in [0.15, 0.2) is 37.3 Å². The van der Waals surface area contributed by atoms with E-state index in [1.165, 1.54) is 17.0 Å². The first-order chi connectivity index (χ1) is 14.6. The van der Waals surface area contributed by atoms with E-state index in [9.17, 15) is 22.4 Å². The van der Waals surface area contributed by atoms with Crippen molar-refractivity contribution in [3.8, 4) is 11.3 Å². The van der Waals surface area contributed by atoms with Crippen LogP contribution >= 0.6 is 11.6 Å². The van der Waals surface area contributed by atoms with Crippen molar-refractivity contribution >= 4 is 23.2 Å². The molecule has 31 heavy (non-hydrogen) atoms. The van der Waals surface area contributed by atoms with Crippen LogP contribution in [0.3, 0.4) is 0 Å². The van der Waals surface area contributed by atoms with Gasteiger partial charge in [-0.15, -0.1) is 0 Å². The lowest BCUT2D eigenvalue weighted by Crippen LogP contribution is -2.43. The second-order valence-corrected chi connectivity index (χ2v) is 7.98. The minimum atomic E-state index is -4.22. The molecule has 2 aromatic rings. The predicted octanol–water partition coefficient (Wildman–Crippen LogP) is 4.59. The number of benzene rings is 1. The highest BCUT2D eigenvalue weighted by Crippen LogP contribution is 2.24. The van der Waals surface area contributed by atoms with Gasteiger partial charge in [-0.3, -0.25) is 9.69 Å². The molecule has 0 unspecified atom stereocenters. The molecule has 168 valence electrons. The molecule has 0 spiro atoms. The number of carbonyl (C=O) groups is 1. The molecule has 2 heterocycles. The number of nitrogens with zero attached hydrogens (tertiary/aromatic N) is 3. The zero-order valence-electron chi connectivity index (χ0n) is 16.8. The Bertz CT molecular complexity index is 936. The van der Waals surface area contributed by atoms with Crippen molar-refractivity contribution in [2.75, 3.05) is 26.2 Å². The maximum absolute atomic E-state index is 13.6. The zero-order chi connectivity index (χ0) is 22.6. The minimum absolute atomic E-state index is 0.0364. The summed E-state index contributed by atoms with van der Waals surface area (Å²) >= 11 is 5.70. The van der Waals surface area contributed by atoms with Crippen LogP contribution in [0.25, 0.3) is 17.0 Å². The number of imidazole rings is 1. The van der Waals surface area contributed by atoms with Crippen molar-refractivity contribution in [3.63, 3.8) is 0 Å². The van der Waals surface area contributed by atoms with E-state index in [0.717, 1.165) is 0 Å². The normalized spacial score (nSPS) is 15.8. The molecule has 3 rings (SSSR count). The van der Waals surface area contributed by atoms with Gasteiger partial charge < -0.3 is 9.88 Å². The van der Waals surface area contributed by atoms with Crippen LogP contribution in [0.1, 0.15) is 19.3 Å². The minimum Gasteiger partial charge on any atom is -0.355 e. The van der Waals surface area contributed by atoms with Crippen molar-refractivity contribution in [2.45, 2.75) is 25.4 Å². The highest BCUT2D eigenvalue weighted by Gasteiger charge is 2.33. The average Bonchev–Trinajstić information content (AvgIpc) is 3.19. The first kappa shape index (κ1) is 23.3. The lowest BCUT2D eigenvalue weighted by atomic mass is 9.96. The van der Waals surface area contributed by atoms with E-state index in [0.29, 0.717) is 42.8 Å². The number of rotatable bonds is 7. The Labute approximate surface area is 182 Å². The molecule has 0 atom stereocenters. The molecule has 1 aliphatic rings. The van der Waals surface area contributed by atoms with Crippen LogP contribution < -0.4 is 5.32 Å². The Morgan fingerprint density at radius 1 is 1.29 bits per heavy atom. The summed E-state index contributed by atoms with van der Waals surface area (Å²) in [5.41, 5.74) is 1.83. The van der Waals surface area contributed by atoms with Crippen molar-refractivity contribution in [2.24, 2.45) is 5.92 Å². The van der Waals surface area contributed by atoms with Crippen LogP contribution in [-0.2, 0) is 4.79 Å². The van der Waals surface area contributed by atoms with Gasteiger partial charge >= 0.3 is 6.18 Å². The number of nitrogens with one attached hydrogen (secondary N) is 1. The Balaban J connectivity index is 1.44. The SMILES string of the molecule is C=C(CCNC(=O)C1CCN(CC(F)(F)F)CC1)n1cnc(-c2ccc(Cl)c(F)c2)c1. The van der Waals surface area contributed by atoms with Gasteiger partial charge in [-0.05, 0) is 38.1 Å². The maximum atomic E-state index is 13.6. The fourth-order valence-corrected chi connectivity index (χ4v) is 3.63. The topological polar surface area (TPSA) is 50.2 Å². The van der Waals surface area contributed by atoms with E-state index in [1.54, 1.807) is 23.2 Å². The smallest absolute Gasteiger partial charge is 0.355 e. The molecule has 1 saturated heterocycles. The summed E-state index contributed by atoms with van der Waals surface area (Å²) in [4.78, 5) is 17.9. The van der Waals surface area contributed by atoms with Crippen molar-refractivity contribution in [1.29, 1.82) is 0 Å². The lowest BCUT2D eigenvalue weighted by molar-refractivity contribution is -0.149. The molecule has 0 radical (unpaired) electrons. The summed E-state index contributed by atoms with van der Waals surface area (Å²) in [6.07, 6.45) is 0.330. The fourth-order valence-electron chi connectivity index (χ4n) is 3.51. The molecular weight excluding hydrogens is 436 g/mol. The first-order valence-corrected chi connectivity index (χ1v) is 10.2. The molecule has 0 saturated carbocycles. The number of aromatic nitrogens is 2. The summed E-state index contributed by atoms with van der Waals surface area (Å²) in [5, 5.41) is 2.87. The van der Waals surface area contributed by atoms with E-state index in [-0.39, 0.29) is 29.9 Å². The van der Waals surface area contributed by atoms with E-state index in [4.69, 9.17) is 11.6 Å². The molecule has 1 N–H and O–H groups in total. The van der Waals surface area contributed by atoms with E-state index in [2.05, 4.69) is 16.9 Å². The van der Waals surface area contributed by atoms with Crippen LogP contribution in [-0.4, -0.2) is 52.7 Å². The lowest BCUT2D eigenvalue weighted by Gasteiger charge is -2.31. The van der Waals surface area contributed by atoms with Gasteiger partial charge in [0.1, 0.15) is 5.82 Å². The number of likely N-dealkylation sites (tertiary alicyclic amines) is 1. The standard InChI is InChI=1S/C21H23ClF4N4O/c1-14(30-11-19(28-13-30)16-2-3-17(22)18(23)10-16)4-7-27-20(31)15-5-8-29(9-6-15)12-21(24,25)26/h2-3,10-11,13,15H,1,4-9,12H2,(H,27,31). The number of alkyl halides is 3. The van der Waals surface area contributed by atoms with Gasteiger partial charge in [0.2, 0.25) is 5.91 Å². The van der Waals surface area contributed by atoms with Crippen LogP contribution in [0.5, 0.6) is 0 Å². The number of hydrogen-bond acceptors (Lipinski definition) is 3. The number of carbonyl (C=O) groups excluding carboxylic acids is 1. The van der Waals surface area contributed by atoms with E-state index in [1.807, 2.05) is 0 Å². The van der Waals surface area contributed by atoms with E-state index >= 15 is 0 Å². The van der Waals surface area contributed by atoms with Crippen LogP contribution in [0.2, 0.25) is 5.02 Å². The van der Waals surface area contributed by atoms with Gasteiger partial charge in [-0.2, -0.15) is 13.2 Å². The van der Waals surface area contributed by atoms with Gasteiger partial charge in [-0.1, -0.05) is 24.2 Å². The highest BCUT2D eigenvalue weighted by molar-refractivity contribution is 6.30. The number of amides is 1. The Morgan fingerprint density at radius 3 is 2.65 bits per heavy atom. The molecule has 10 heteroatoms. The largest absolute Gasteiger partial charge is 0.401 e. The molecular formula is C21H23ClF4N4O. The van der Waals surface area contributed by atoms with Crippen LogP contribution in [0, 0.1) is 11.7 Å². The molecule has 1 amide bonds. The molecule has 1 aliphatic heterocycles. The van der Waals surface area contributed by atoms with Gasteiger partial charge in [0, 0.05) is 36.3 Å². The molecule has 1 aromatic heterocycles. The monoisotopic (exact) mass is 458 g/mol. The highest BCUT2D eigenvalue weighted by atomic mass is 35.5. The molecule has 1 aromatic carbocycles. The van der Waals surface area contributed by atoms with Gasteiger partial charge in [0.25, 0.3) is 0 Å². The second kappa shape index (κ2) is 9.82. The molecule has 0 aliphatic carbocycles. The number of hydrogen-bond donors (Lipinski definition) is 1. The fraction of sp³-hybridized carbons (Fsp3) is 0.429. The summed E-state index contributed by atoms with van der Waals surface area (Å²) < 4.78 is 52.7. The molecule has 5 nitrogen and oxygen atoms in total. The van der Waals surface area contributed by atoms with Crippen molar-refractivity contribution < 1.29 is 22.4 Å². The van der Waals surface area contributed by atoms with Crippen LogP contribution in [0.4, 0.5) is 17.6 Å². The third-order valence-corrected chi connectivity index (χ3v) is 5.54. The summed E-state index contributed by atoms with van der Waals surface area (Å²) in [7, 11) is 0. The second-order valence-electron chi connectivity index (χ2n) is 7.57. The first-order valence-electron chi connectivity index (χ1n) is 9.87. The summed E-state index contributed by atoms with van der Waals surface area (Å²) in [5.74, 6) is -0.959. The van der Waals surface area contributed by atoms with Crippen molar-refractivity contribution in [3.05, 3.63) is 48.1 Å². The third kappa shape index (κ3) is 6.54. The van der Waals surface area contributed by atoms with Gasteiger partial charge in [-0.25, -0.2) is 9.37 Å². The Morgan fingerprint density at radius 2 is 2.00 bits per heavy atom. The average molecular weight is 459 g/mol. The molecule has 0 bridgehead atoms. The van der Waals surface area contributed by atoms with Gasteiger partial charge in [0.15, 0.2) is 0 Å².